The van der Waals surface area contributed by atoms with Gasteiger partial charge in [0.15, 0.2) is 0 Å². The highest BCUT2D eigenvalue weighted by molar-refractivity contribution is 7.88. The largest absolute Gasteiger partial charge is 0.460 e. The van der Waals surface area contributed by atoms with E-state index in [1.165, 1.54) is 13.1 Å². The summed E-state index contributed by atoms with van der Waals surface area (Å²) in [5.41, 5.74) is 7.34. The number of ether oxygens (including phenoxy) is 1. The van der Waals surface area contributed by atoms with Gasteiger partial charge in [0, 0.05) is 23.0 Å². The molecule has 0 aromatic carbocycles. The van der Waals surface area contributed by atoms with Crippen molar-refractivity contribution in [2.75, 3.05) is 5.73 Å². The molecule has 1 aromatic rings. The van der Waals surface area contributed by atoms with Crippen LogP contribution in [0.2, 0.25) is 0 Å². The molecule has 0 amide bonds. The van der Waals surface area contributed by atoms with Crippen LogP contribution in [0.3, 0.4) is 0 Å². The molecule has 118 valence electrons. The van der Waals surface area contributed by atoms with E-state index < -0.39 is 16.2 Å². The Bertz CT molecular complexity index is 751. The lowest BCUT2D eigenvalue weighted by Crippen LogP contribution is -2.28. The lowest BCUT2D eigenvalue weighted by molar-refractivity contribution is -0.144. The number of esters is 1. The summed E-state index contributed by atoms with van der Waals surface area (Å²) in [5, 5.41) is 0. The van der Waals surface area contributed by atoms with Crippen molar-refractivity contribution in [3.05, 3.63) is 35.2 Å². The molecule has 0 atom stereocenters. The fourth-order valence-corrected chi connectivity index (χ4v) is 2.95. The summed E-state index contributed by atoms with van der Waals surface area (Å²) in [6.07, 6.45) is 1.46. The number of anilines is 1. The third-order valence-corrected chi connectivity index (χ3v) is 4.08. The van der Waals surface area contributed by atoms with Gasteiger partial charge in [-0.15, -0.1) is 4.40 Å². The van der Waals surface area contributed by atoms with E-state index in [4.69, 9.17) is 10.5 Å². The van der Waals surface area contributed by atoms with E-state index >= 15 is 0 Å². The molecule has 2 rings (SSSR count). The molecule has 0 unspecified atom stereocenters. The Morgan fingerprint density at radius 3 is 2.68 bits per heavy atom. The first kappa shape index (κ1) is 16.0. The van der Waals surface area contributed by atoms with Crippen LogP contribution in [0.15, 0.2) is 34.0 Å². The molecule has 0 saturated carbocycles. The Morgan fingerprint density at radius 2 is 2.09 bits per heavy atom. The number of nitrogen functional groups attached to an aromatic ring is 1. The molecule has 0 fully saturated rings. The van der Waals surface area contributed by atoms with E-state index in [2.05, 4.69) is 14.1 Å². The molecule has 1 aliphatic heterocycles. The maximum atomic E-state index is 11.9. The number of aromatic nitrogens is 1. The molecule has 0 radical (unpaired) electrons. The second-order valence-electron chi connectivity index (χ2n) is 4.79. The quantitative estimate of drug-likeness (QED) is 0.785. The summed E-state index contributed by atoms with van der Waals surface area (Å²) in [7, 11) is -3.70. The number of rotatable bonds is 4. The Balaban J connectivity index is 1.98. The molecule has 3 N–H and O–H groups in total. The summed E-state index contributed by atoms with van der Waals surface area (Å²) < 4.78 is 33.7. The minimum absolute atomic E-state index is 0.0634. The molecule has 1 aromatic heterocycles. The van der Waals surface area contributed by atoms with Gasteiger partial charge in [-0.25, -0.2) is 4.98 Å². The molecule has 22 heavy (non-hydrogen) atoms. The Hall–Kier alpha value is -2.42. The van der Waals surface area contributed by atoms with Crippen LogP contribution < -0.4 is 10.5 Å². The van der Waals surface area contributed by atoms with Crippen molar-refractivity contribution in [3.8, 4) is 0 Å². The summed E-state index contributed by atoms with van der Waals surface area (Å²) in [4.78, 5) is 15.8. The zero-order chi connectivity index (χ0) is 16.3. The molecule has 9 heteroatoms. The predicted octanol–water partition coefficient (Wildman–Crippen LogP) is 0.680. The van der Waals surface area contributed by atoms with Gasteiger partial charge >= 0.3 is 16.2 Å². The minimum atomic E-state index is -3.70. The Morgan fingerprint density at radius 1 is 1.36 bits per heavy atom. The normalized spacial score (nSPS) is 16.7. The van der Waals surface area contributed by atoms with Crippen LogP contribution in [0.25, 0.3) is 0 Å². The number of nitrogens with one attached hydrogen (secondary N) is 1. The van der Waals surface area contributed by atoms with E-state index in [-0.39, 0.29) is 18.7 Å². The standard InChI is InChI=1S/C13H16N4O4S/c1-8-11(9(2)17-22(19,20)16-8)5-13(18)21-7-10-3-4-12(14)15-6-10/h3-4,6,16H,5,7H2,1-2H3,(H2,14,15). The predicted molar refractivity (Wildman–Crippen MR) is 80.9 cm³/mol. The summed E-state index contributed by atoms with van der Waals surface area (Å²) >= 11 is 0. The molecule has 0 aliphatic carbocycles. The second kappa shape index (κ2) is 6.14. The third-order valence-electron chi connectivity index (χ3n) is 3.00. The Kier molecular flexibility index (Phi) is 4.45. The lowest BCUT2D eigenvalue weighted by Gasteiger charge is -2.17. The fraction of sp³-hybridized carbons (Fsp3) is 0.308. The van der Waals surface area contributed by atoms with Crippen LogP contribution >= 0.6 is 0 Å². The van der Waals surface area contributed by atoms with Crippen LogP contribution in [0, 0.1) is 0 Å². The second-order valence-corrected chi connectivity index (χ2v) is 6.12. The third kappa shape index (κ3) is 4.04. The van der Waals surface area contributed by atoms with Crippen molar-refractivity contribution >= 4 is 27.7 Å². The number of nitrogens with zero attached hydrogens (tertiary/aromatic N) is 2. The molecular weight excluding hydrogens is 308 g/mol. The first-order chi connectivity index (χ1) is 10.3. The number of carbonyl (C=O) groups is 1. The molecule has 2 heterocycles. The lowest BCUT2D eigenvalue weighted by atomic mass is 10.1. The highest BCUT2D eigenvalue weighted by atomic mass is 32.2. The summed E-state index contributed by atoms with van der Waals surface area (Å²) in [6, 6.07) is 3.32. The van der Waals surface area contributed by atoms with Gasteiger partial charge in [0.05, 0.1) is 12.1 Å². The fourth-order valence-electron chi connectivity index (χ4n) is 1.93. The van der Waals surface area contributed by atoms with Crippen LogP contribution in [0.5, 0.6) is 0 Å². The van der Waals surface area contributed by atoms with Crippen molar-refractivity contribution in [3.63, 3.8) is 0 Å². The molecule has 1 aliphatic rings. The van der Waals surface area contributed by atoms with Crippen LogP contribution in [-0.2, 0) is 26.3 Å². The van der Waals surface area contributed by atoms with Crippen molar-refractivity contribution in [1.82, 2.24) is 9.71 Å². The number of hydrogen-bond donors (Lipinski definition) is 2. The van der Waals surface area contributed by atoms with Crippen LogP contribution in [0.1, 0.15) is 25.8 Å². The number of allylic oxidation sites excluding steroid dienone is 1. The van der Waals surface area contributed by atoms with Gasteiger partial charge < -0.3 is 10.5 Å². The smallest absolute Gasteiger partial charge is 0.342 e. The van der Waals surface area contributed by atoms with E-state index in [1.807, 2.05) is 0 Å². The molecule has 0 bridgehead atoms. The molecular formula is C13H16N4O4S. The highest BCUT2D eigenvalue weighted by Gasteiger charge is 2.22. The minimum Gasteiger partial charge on any atom is -0.460 e. The molecule has 8 nitrogen and oxygen atoms in total. The average Bonchev–Trinajstić information content (AvgIpc) is 2.41. The zero-order valence-corrected chi connectivity index (χ0v) is 13.0. The number of carbonyl (C=O) groups excluding carboxylic acids is 1. The van der Waals surface area contributed by atoms with Crippen LogP contribution in [0.4, 0.5) is 5.82 Å². The van der Waals surface area contributed by atoms with Gasteiger partial charge in [-0.3, -0.25) is 9.52 Å². The van der Waals surface area contributed by atoms with Gasteiger partial charge in [0.1, 0.15) is 12.4 Å². The highest BCUT2D eigenvalue weighted by Crippen LogP contribution is 2.17. The SMILES string of the molecule is CC1=NS(=O)(=O)NC(C)=C1CC(=O)OCc1ccc(N)nc1. The van der Waals surface area contributed by atoms with Crippen molar-refractivity contribution < 1.29 is 17.9 Å². The van der Waals surface area contributed by atoms with Crippen molar-refractivity contribution in [1.29, 1.82) is 0 Å². The monoisotopic (exact) mass is 324 g/mol. The maximum Gasteiger partial charge on any atom is 0.342 e. The van der Waals surface area contributed by atoms with Gasteiger partial charge in [0.2, 0.25) is 0 Å². The zero-order valence-electron chi connectivity index (χ0n) is 12.2. The van der Waals surface area contributed by atoms with Gasteiger partial charge in [-0.05, 0) is 19.9 Å². The van der Waals surface area contributed by atoms with E-state index in [1.54, 1.807) is 19.1 Å². The maximum absolute atomic E-state index is 11.9. The number of pyridine rings is 1. The summed E-state index contributed by atoms with van der Waals surface area (Å²) in [6.45, 7) is 3.18. The topological polar surface area (TPSA) is 124 Å². The van der Waals surface area contributed by atoms with Gasteiger partial charge in [-0.1, -0.05) is 6.07 Å². The van der Waals surface area contributed by atoms with Crippen LogP contribution in [-0.4, -0.2) is 25.1 Å². The van der Waals surface area contributed by atoms with Crippen molar-refractivity contribution in [2.24, 2.45) is 4.40 Å². The Labute approximate surface area is 128 Å². The number of hydrogen-bond acceptors (Lipinski definition) is 6. The first-order valence-corrected chi connectivity index (χ1v) is 7.86. The van der Waals surface area contributed by atoms with E-state index in [0.717, 1.165) is 0 Å². The molecule has 0 saturated heterocycles. The average molecular weight is 324 g/mol. The van der Waals surface area contributed by atoms with Gasteiger partial charge in [0.25, 0.3) is 0 Å². The summed E-state index contributed by atoms with van der Waals surface area (Å²) in [5.74, 6) is -0.0981. The molecule has 0 spiro atoms. The number of nitrogens with two attached hydrogens (primary N) is 1. The van der Waals surface area contributed by atoms with Gasteiger partial charge in [-0.2, -0.15) is 8.42 Å². The first-order valence-electron chi connectivity index (χ1n) is 6.42. The van der Waals surface area contributed by atoms with Crippen molar-refractivity contribution in [2.45, 2.75) is 26.9 Å². The van der Waals surface area contributed by atoms with E-state index in [0.29, 0.717) is 22.7 Å². The van der Waals surface area contributed by atoms with E-state index in [9.17, 15) is 13.2 Å².